The van der Waals surface area contributed by atoms with E-state index in [9.17, 15) is 13.2 Å². The van der Waals surface area contributed by atoms with E-state index in [4.69, 9.17) is 5.73 Å². The molecular formula is C14H13F3N2S2. The molecule has 2 rings (SSSR count). The summed E-state index contributed by atoms with van der Waals surface area (Å²) in [6.45, 7) is 2.44. The van der Waals surface area contributed by atoms with Crippen molar-refractivity contribution in [2.75, 3.05) is 5.32 Å². The minimum absolute atomic E-state index is 0.157. The van der Waals surface area contributed by atoms with E-state index in [0.29, 0.717) is 12.2 Å². The zero-order valence-electron chi connectivity index (χ0n) is 11.1. The molecule has 0 radical (unpaired) electrons. The highest BCUT2D eigenvalue weighted by Gasteiger charge is 2.34. The average molecular weight is 330 g/mol. The van der Waals surface area contributed by atoms with Crippen LogP contribution in [0.1, 0.15) is 21.6 Å². The van der Waals surface area contributed by atoms with Crippen LogP contribution in [0.25, 0.3) is 0 Å². The lowest BCUT2D eigenvalue weighted by molar-refractivity contribution is -0.137. The maximum Gasteiger partial charge on any atom is 0.417 e. The van der Waals surface area contributed by atoms with Gasteiger partial charge in [0.2, 0.25) is 0 Å². The van der Waals surface area contributed by atoms with Crippen LogP contribution in [0.3, 0.4) is 0 Å². The van der Waals surface area contributed by atoms with Gasteiger partial charge in [0.1, 0.15) is 4.99 Å². The Morgan fingerprint density at radius 2 is 2.05 bits per heavy atom. The van der Waals surface area contributed by atoms with Crippen molar-refractivity contribution in [3.05, 3.63) is 51.2 Å². The summed E-state index contributed by atoms with van der Waals surface area (Å²) in [7, 11) is 0. The number of thiocarbonyl (C=S) groups is 1. The van der Waals surface area contributed by atoms with Crippen LogP contribution in [-0.4, -0.2) is 4.99 Å². The highest BCUT2D eigenvalue weighted by Crippen LogP contribution is 2.34. The second-order valence-corrected chi connectivity index (χ2v) is 5.94. The van der Waals surface area contributed by atoms with Gasteiger partial charge in [-0.1, -0.05) is 12.2 Å². The molecule has 7 heteroatoms. The molecular weight excluding hydrogens is 317 g/mol. The predicted molar refractivity (Wildman–Crippen MR) is 83.7 cm³/mol. The van der Waals surface area contributed by atoms with Gasteiger partial charge in [-0.2, -0.15) is 13.2 Å². The summed E-state index contributed by atoms with van der Waals surface area (Å²) in [6.07, 6.45) is -4.49. The van der Waals surface area contributed by atoms with Crippen LogP contribution in [0, 0.1) is 6.92 Å². The SMILES string of the molecule is Cc1ccsc1CNc1ccc(C(N)=S)c(C(F)(F)F)c1. The Bertz CT molecular complexity index is 662. The minimum Gasteiger partial charge on any atom is -0.389 e. The van der Waals surface area contributed by atoms with Crippen molar-refractivity contribution >= 4 is 34.2 Å². The van der Waals surface area contributed by atoms with Crippen molar-refractivity contribution in [3.63, 3.8) is 0 Å². The standard InChI is InChI=1S/C14H13F3N2S2/c1-8-4-5-21-12(8)7-19-9-2-3-10(13(18)20)11(6-9)14(15,16)17/h2-6,19H,7H2,1H3,(H2,18,20). The molecule has 0 bridgehead atoms. The van der Waals surface area contributed by atoms with Crippen LogP contribution in [0.5, 0.6) is 0 Å². The van der Waals surface area contributed by atoms with Crippen molar-refractivity contribution in [2.24, 2.45) is 5.73 Å². The van der Waals surface area contributed by atoms with Crippen LogP contribution in [0.2, 0.25) is 0 Å². The van der Waals surface area contributed by atoms with Crippen LogP contribution in [0.15, 0.2) is 29.6 Å². The van der Waals surface area contributed by atoms with E-state index in [-0.39, 0.29) is 10.6 Å². The number of alkyl halides is 3. The van der Waals surface area contributed by atoms with Crippen LogP contribution in [-0.2, 0) is 12.7 Å². The maximum absolute atomic E-state index is 13.0. The first kappa shape index (κ1) is 15.8. The zero-order valence-corrected chi connectivity index (χ0v) is 12.8. The number of rotatable bonds is 4. The lowest BCUT2D eigenvalue weighted by atomic mass is 10.1. The highest BCUT2D eigenvalue weighted by molar-refractivity contribution is 7.80. The van der Waals surface area contributed by atoms with Gasteiger partial charge in [0.15, 0.2) is 0 Å². The number of halogens is 3. The number of thiophene rings is 1. The zero-order chi connectivity index (χ0) is 15.6. The molecule has 0 amide bonds. The Balaban J connectivity index is 2.26. The lowest BCUT2D eigenvalue weighted by Gasteiger charge is -2.14. The summed E-state index contributed by atoms with van der Waals surface area (Å²) in [5.74, 6) is 0. The molecule has 0 aliphatic carbocycles. The molecule has 0 spiro atoms. The molecule has 0 aliphatic rings. The first-order valence-electron chi connectivity index (χ1n) is 6.07. The Hall–Kier alpha value is -1.60. The van der Waals surface area contributed by atoms with Gasteiger partial charge in [-0.05, 0) is 42.1 Å². The Labute approximate surface area is 129 Å². The van der Waals surface area contributed by atoms with Gasteiger partial charge in [0, 0.05) is 22.7 Å². The first-order valence-corrected chi connectivity index (χ1v) is 7.35. The van der Waals surface area contributed by atoms with Gasteiger partial charge in [0.25, 0.3) is 0 Å². The summed E-state index contributed by atoms with van der Waals surface area (Å²) in [5, 5.41) is 4.94. The summed E-state index contributed by atoms with van der Waals surface area (Å²) >= 11 is 6.23. The van der Waals surface area contributed by atoms with Crippen molar-refractivity contribution in [1.29, 1.82) is 0 Å². The monoisotopic (exact) mass is 330 g/mol. The van der Waals surface area contributed by atoms with E-state index in [1.165, 1.54) is 6.07 Å². The van der Waals surface area contributed by atoms with E-state index in [1.54, 1.807) is 17.4 Å². The number of hydrogen-bond acceptors (Lipinski definition) is 3. The molecule has 3 N–H and O–H groups in total. The van der Waals surface area contributed by atoms with Gasteiger partial charge >= 0.3 is 6.18 Å². The average Bonchev–Trinajstić information content (AvgIpc) is 2.80. The largest absolute Gasteiger partial charge is 0.417 e. The van der Waals surface area contributed by atoms with Gasteiger partial charge in [0.05, 0.1) is 5.56 Å². The molecule has 1 aromatic heterocycles. The molecule has 2 nitrogen and oxygen atoms in total. The van der Waals surface area contributed by atoms with Crippen molar-refractivity contribution in [1.82, 2.24) is 0 Å². The normalized spacial score (nSPS) is 11.4. The lowest BCUT2D eigenvalue weighted by Crippen LogP contribution is -2.18. The van der Waals surface area contributed by atoms with Crippen molar-refractivity contribution < 1.29 is 13.2 Å². The van der Waals surface area contributed by atoms with Crippen molar-refractivity contribution in [2.45, 2.75) is 19.6 Å². The summed E-state index contributed by atoms with van der Waals surface area (Å²) in [6, 6.07) is 5.86. The third-order valence-corrected chi connectivity index (χ3v) is 4.25. The van der Waals surface area contributed by atoms with Gasteiger partial charge in [-0.3, -0.25) is 0 Å². The van der Waals surface area contributed by atoms with E-state index < -0.39 is 11.7 Å². The molecule has 112 valence electrons. The predicted octanol–water partition coefficient (Wildman–Crippen LogP) is 4.32. The van der Waals surface area contributed by atoms with Gasteiger partial charge in [-0.15, -0.1) is 11.3 Å². The summed E-state index contributed by atoms with van der Waals surface area (Å²) in [5.41, 5.74) is 5.87. The molecule has 0 fully saturated rings. The Morgan fingerprint density at radius 3 is 2.57 bits per heavy atom. The minimum atomic E-state index is -4.49. The highest BCUT2D eigenvalue weighted by atomic mass is 32.1. The fraction of sp³-hybridized carbons (Fsp3) is 0.214. The maximum atomic E-state index is 13.0. The third kappa shape index (κ3) is 3.74. The molecule has 1 heterocycles. The summed E-state index contributed by atoms with van der Waals surface area (Å²) in [4.78, 5) is 0.824. The topological polar surface area (TPSA) is 38.0 Å². The Kier molecular flexibility index (Phi) is 4.53. The van der Waals surface area contributed by atoms with Crippen LogP contribution < -0.4 is 11.1 Å². The number of anilines is 1. The van der Waals surface area contributed by atoms with E-state index in [1.807, 2.05) is 18.4 Å². The number of benzene rings is 1. The molecule has 0 aliphatic heterocycles. The van der Waals surface area contributed by atoms with E-state index in [0.717, 1.165) is 16.5 Å². The van der Waals surface area contributed by atoms with Crippen LogP contribution >= 0.6 is 23.6 Å². The number of nitrogens with two attached hydrogens (primary N) is 1. The van der Waals surface area contributed by atoms with E-state index >= 15 is 0 Å². The van der Waals surface area contributed by atoms with E-state index in [2.05, 4.69) is 17.5 Å². The third-order valence-electron chi connectivity index (χ3n) is 3.01. The second kappa shape index (κ2) is 6.03. The molecule has 0 unspecified atom stereocenters. The van der Waals surface area contributed by atoms with Crippen LogP contribution in [0.4, 0.5) is 18.9 Å². The quantitative estimate of drug-likeness (QED) is 0.820. The van der Waals surface area contributed by atoms with Gasteiger partial charge < -0.3 is 11.1 Å². The molecule has 0 saturated carbocycles. The first-order chi connectivity index (χ1) is 9.79. The second-order valence-electron chi connectivity index (χ2n) is 4.50. The molecule has 2 aromatic rings. The number of hydrogen-bond donors (Lipinski definition) is 2. The molecule has 1 aromatic carbocycles. The number of aryl methyl sites for hydroxylation is 1. The summed E-state index contributed by atoms with van der Waals surface area (Å²) < 4.78 is 39.1. The molecule has 0 saturated heterocycles. The van der Waals surface area contributed by atoms with Gasteiger partial charge in [-0.25, -0.2) is 0 Å². The fourth-order valence-electron chi connectivity index (χ4n) is 1.87. The molecule has 0 atom stereocenters. The number of nitrogens with one attached hydrogen (secondary N) is 1. The smallest absolute Gasteiger partial charge is 0.389 e. The fourth-order valence-corrected chi connectivity index (χ4v) is 2.90. The van der Waals surface area contributed by atoms with Crippen molar-refractivity contribution in [3.8, 4) is 0 Å². The Morgan fingerprint density at radius 1 is 1.33 bits per heavy atom. The molecule has 21 heavy (non-hydrogen) atoms.